The highest BCUT2D eigenvalue weighted by Gasteiger charge is 2.18. The predicted molar refractivity (Wildman–Crippen MR) is 66.6 cm³/mol. The van der Waals surface area contributed by atoms with E-state index in [9.17, 15) is 8.60 Å². The highest BCUT2D eigenvalue weighted by atomic mass is 32.2. The Bertz CT molecular complexity index is 435. The third-order valence-corrected chi connectivity index (χ3v) is 3.40. The van der Waals surface area contributed by atoms with Crippen LogP contribution in [0.15, 0.2) is 22.6 Å². The molecule has 4 heteroatoms. The Morgan fingerprint density at radius 2 is 2.00 bits per heavy atom. The first-order valence-electron chi connectivity index (χ1n) is 5.03. The van der Waals surface area contributed by atoms with Gasteiger partial charge in [0.15, 0.2) is 0 Å². The van der Waals surface area contributed by atoms with Crippen molar-refractivity contribution in [1.29, 1.82) is 0 Å². The maximum atomic E-state index is 13.0. The molecule has 1 aromatic rings. The smallest absolute Gasteiger partial charge is 0.144 e. The van der Waals surface area contributed by atoms with Crippen LogP contribution in [0.5, 0.6) is 0 Å². The van der Waals surface area contributed by atoms with Gasteiger partial charge in [0.05, 0.1) is 4.75 Å². The minimum absolute atomic E-state index is 0.311. The molecule has 0 bridgehead atoms. The monoisotopic (exact) mass is 241 g/mol. The Balaban J connectivity index is 2.93. The summed E-state index contributed by atoms with van der Waals surface area (Å²) >= 11 is 0. The van der Waals surface area contributed by atoms with Gasteiger partial charge in [0.2, 0.25) is 0 Å². The molecule has 1 atom stereocenters. The SMILES string of the molecule is Cc1ccc(F)cc1C=N[S@](=O)C(C)(C)C. The number of halogens is 1. The molecular weight excluding hydrogens is 225 g/mol. The molecule has 0 aliphatic carbocycles. The maximum Gasteiger partial charge on any atom is 0.144 e. The molecule has 16 heavy (non-hydrogen) atoms. The van der Waals surface area contributed by atoms with E-state index in [1.807, 2.05) is 27.7 Å². The van der Waals surface area contributed by atoms with Crippen molar-refractivity contribution in [3.05, 3.63) is 35.1 Å². The summed E-state index contributed by atoms with van der Waals surface area (Å²) in [5, 5.41) is 0. The molecule has 0 saturated heterocycles. The van der Waals surface area contributed by atoms with Crippen molar-refractivity contribution >= 4 is 17.2 Å². The molecule has 2 nitrogen and oxygen atoms in total. The minimum atomic E-state index is -1.31. The maximum absolute atomic E-state index is 13.0. The van der Waals surface area contributed by atoms with Crippen molar-refractivity contribution in [1.82, 2.24) is 0 Å². The molecule has 0 spiro atoms. The van der Waals surface area contributed by atoms with E-state index in [-0.39, 0.29) is 5.82 Å². The zero-order chi connectivity index (χ0) is 12.3. The number of hydrogen-bond donors (Lipinski definition) is 0. The molecule has 0 N–H and O–H groups in total. The summed E-state index contributed by atoms with van der Waals surface area (Å²) in [5.41, 5.74) is 1.58. The number of hydrogen-bond acceptors (Lipinski definition) is 1. The second-order valence-electron chi connectivity index (χ2n) is 4.60. The second-order valence-corrected chi connectivity index (χ2v) is 6.53. The standard InChI is InChI=1S/C12H16FNOS/c1-9-5-6-11(13)7-10(9)8-14-16(15)12(2,3)4/h5-8H,1-4H3/t16-/m1/s1. The second kappa shape index (κ2) is 4.87. The Labute approximate surface area is 98.2 Å². The van der Waals surface area contributed by atoms with Crippen LogP contribution in [0.4, 0.5) is 4.39 Å². The van der Waals surface area contributed by atoms with Gasteiger partial charge in [-0.1, -0.05) is 6.07 Å². The third-order valence-electron chi connectivity index (χ3n) is 2.05. The zero-order valence-electron chi connectivity index (χ0n) is 9.95. The molecule has 88 valence electrons. The summed E-state index contributed by atoms with van der Waals surface area (Å²) < 4.78 is 28.2. The van der Waals surface area contributed by atoms with Crippen molar-refractivity contribution in [2.45, 2.75) is 32.4 Å². The van der Waals surface area contributed by atoms with Gasteiger partial charge in [-0.25, -0.2) is 8.60 Å². The summed E-state index contributed by atoms with van der Waals surface area (Å²) in [6, 6.07) is 4.46. The van der Waals surface area contributed by atoms with Gasteiger partial charge in [0, 0.05) is 6.21 Å². The van der Waals surface area contributed by atoms with Gasteiger partial charge in [-0.2, -0.15) is 4.40 Å². The molecule has 0 amide bonds. The van der Waals surface area contributed by atoms with Crippen LogP contribution >= 0.6 is 0 Å². The summed E-state index contributed by atoms with van der Waals surface area (Å²) in [7, 11) is -1.31. The molecule has 0 radical (unpaired) electrons. The summed E-state index contributed by atoms with van der Waals surface area (Å²) in [4.78, 5) is 0. The molecule has 0 aliphatic rings. The van der Waals surface area contributed by atoms with E-state index in [0.29, 0.717) is 5.56 Å². The number of benzene rings is 1. The van der Waals surface area contributed by atoms with E-state index in [4.69, 9.17) is 0 Å². The van der Waals surface area contributed by atoms with Crippen molar-refractivity contribution in [2.75, 3.05) is 0 Å². The largest absolute Gasteiger partial charge is 0.234 e. The fourth-order valence-electron chi connectivity index (χ4n) is 1.01. The zero-order valence-corrected chi connectivity index (χ0v) is 10.8. The Kier molecular flexibility index (Phi) is 3.97. The van der Waals surface area contributed by atoms with Gasteiger partial charge in [0.25, 0.3) is 0 Å². The average Bonchev–Trinajstić information content (AvgIpc) is 2.17. The summed E-state index contributed by atoms with van der Waals surface area (Å²) in [6.07, 6.45) is 1.47. The van der Waals surface area contributed by atoms with Gasteiger partial charge in [-0.05, 0) is 51.0 Å². The molecule has 0 heterocycles. The van der Waals surface area contributed by atoms with Crippen LogP contribution in [0.3, 0.4) is 0 Å². The fourth-order valence-corrected chi connectivity index (χ4v) is 1.54. The number of nitrogens with zero attached hydrogens (tertiary/aromatic N) is 1. The lowest BCUT2D eigenvalue weighted by Gasteiger charge is -2.12. The first kappa shape index (κ1) is 13.0. The van der Waals surface area contributed by atoms with Gasteiger partial charge in [0.1, 0.15) is 16.8 Å². The van der Waals surface area contributed by atoms with Gasteiger partial charge in [-0.15, -0.1) is 0 Å². The lowest BCUT2D eigenvalue weighted by molar-refractivity contribution is 0.627. The van der Waals surface area contributed by atoms with Crippen LogP contribution in [0, 0.1) is 12.7 Å². The van der Waals surface area contributed by atoms with Crippen LogP contribution in [0.1, 0.15) is 31.9 Å². The first-order chi connectivity index (χ1) is 7.30. The van der Waals surface area contributed by atoms with Crippen LogP contribution in [0.25, 0.3) is 0 Å². The van der Waals surface area contributed by atoms with Crippen LogP contribution in [0.2, 0.25) is 0 Å². The molecule has 1 aromatic carbocycles. The predicted octanol–water partition coefficient (Wildman–Crippen LogP) is 3.02. The van der Waals surface area contributed by atoms with E-state index in [2.05, 4.69) is 4.40 Å². The van der Waals surface area contributed by atoms with Gasteiger partial charge < -0.3 is 0 Å². The lowest BCUT2D eigenvalue weighted by Crippen LogP contribution is -2.19. The molecule has 0 unspecified atom stereocenters. The molecule has 1 rings (SSSR count). The number of aryl methyl sites for hydroxylation is 1. The summed E-state index contributed by atoms with van der Waals surface area (Å²) in [5.74, 6) is -0.311. The molecular formula is C12H16FNOS. The van der Waals surface area contributed by atoms with Crippen LogP contribution in [-0.4, -0.2) is 15.2 Å². The van der Waals surface area contributed by atoms with E-state index >= 15 is 0 Å². The minimum Gasteiger partial charge on any atom is -0.234 e. The fraction of sp³-hybridized carbons (Fsp3) is 0.417. The van der Waals surface area contributed by atoms with Crippen LogP contribution in [-0.2, 0) is 11.0 Å². The van der Waals surface area contributed by atoms with E-state index in [0.717, 1.165) is 5.56 Å². The van der Waals surface area contributed by atoms with Gasteiger partial charge in [-0.3, -0.25) is 0 Å². The molecule has 0 aromatic heterocycles. The van der Waals surface area contributed by atoms with E-state index in [1.165, 1.54) is 18.3 Å². The van der Waals surface area contributed by atoms with E-state index < -0.39 is 15.7 Å². The number of rotatable bonds is 2. The highest BCUT2D eigenvalue weighted by molar-refractivity contribution is 7.85. The normalized spacial score (nSPS) is 14.3. The lowest BCUT2D eigenvalue weighted by atomic mass is 10.1. The Hall–Kier alpha value is -1.03. The topological polar surface area (TPSA) is 29.4 Å². The van der Waals surface area contributed by atoms with Crippen molar-refractivity contribution < 1.29 is 8.60 Å². The molecule has 0 aliphatic heterocycles. The highest BCUT2D eigenvalue weighted by Crippen LogP contribution is 2.13. The quantitative estimate of drug-likeness (QED) is 0.732. The first-order valence-corrected chi connectivity index (χ1v) is 6.13. The van der Waals surface area contributed by atoms with Gasteiger partial charge >= 0.3 is 0 Å². The van der Waals surface area contributed by atoms with Crippen molar-refractivity contribution in [3.8, 4) is 0 Å². The molecule has 0 saturated carbocycles. The third kappa shape index (κ3) is 3.52. The molecule has 0 fully saturated rings. The Morgan fingerprint density at radius 1 is 1.38 bits per heavy atom. The van der Waals surface area contributed by atoms with Crippen molar-refractivity contribution in [2.24, 2.45) is 4.40 Å². The van der Waals surface area contributed by atoms with Crippen LogP contribution < -0.4 is 0 Å². The average molecular weight is 241 g/mol. The summed E-state index contributed by atoms with van der Waals surface area (Å²) in [6.45, 7) is 7.40. The van der Waals surface area contributed by atoms with Crippen molar-refractivity contribution in [3.63, 3.8) is 0 Å². The van der Waals surface area contributed by atoms with E-state index in [1.54, 1.807) is 6.07 Å². The Morgan fingerprint density at radius 3 is 2.56 bits per heavy atom.